The molecular weight excluding hydrogens is 407 g/mol. The molecule has 1 aromatic heterocycles. The first kappa shape index (κ1) is 21.9. The highest BCUT2D eigenvalue weighted by Gasteiger charge is 2.01. The van der Waals surface area contributed by atoms with Gasteiger partial charge in [-0.05, 0) is 18.4 Å². The third-order valence-corrected chi connectivity index (χ3v) is 2.86. The maximum absolute atomic E-state index is 5.54. The summed E-state index contributed by atoms with van der Waals surface area (Å²) in [6, 6.07) is 5.70. The standard InChI is InChI=1S/C16H28N4O2.HI/c1-13(2)12-22-10-6-9-18-16(17-3)19-11-14-7-5-8-15(20-14)21-4;/h5,7-8,13H,6,9-12H2,1-4H3,(H2,17,18,19);1H. The van der Waals surface area contributed by atoms with E-state index in [2.05, 4.69) is 34.5 Å². The zero-order valence-electron chi connectivity index (χ0n) is 14.5. The van der Waals surface area contributed by atoms with Crippen LogP contribution in [0, 0.1) is 5.92 Å². The number of nitrogens with zero attached hydrogens (tertiary/aromatic N) is 2. The van der Waals surface area contributed by atoms with Gasteiger partial charge in [0.05, 0.1) is 19.3 Å². The van der Waals surface area contributed by atoms with Crippen LogP contribution in [-0.4, -0.2) is 44.9 Å². The smallest absolute Gasteiger partial charge is 0.213 e. The minimum absolute atomic E-state index is 0. The van der Waals surface area contributed by atoms with Gasteiger partial charge in [-0.1, -0.05) is 19.9 Å². The molecule has 0 spiro atoms. The Bertz CT molecular complexity index is 455. The number of ether oxygens (including phenoxy) is 2. The summed E-state index contributed by atoms with van der Waals surface area (Å²) in [5, 5.41) is 6.48. The molecule has 0 aliphatic heterocycles. The molecule has 1 aromatic rings. The summed E-state index contributed by atoms with van der Waals surface area (Å²) >= 11 is 0. The average Bonchev–Trinajstić information content (AvgIpc) is 2.53. The lowest BCUT2D eigenvalue weighted by molar-refractivity contribution is 0.108. The highest BCUT2D eigenvalue weighted by Crippen LogP contribution is 2.05. The predicted molar refractivity (Wildman–Crippen MR) is 105 cm³/mol. The van der Waals surface area contributed by atoms with E-state index in [0.717, 1.165) is 37.8 Å². The number of nitrogens with one attached hydrogen (secondary N) is 2. The summed E-state index contributed by atoms with van der Waals surface area (Å²) in [6.07, 6.45) is 0.949. The molecule has 0 unspecified atom stereocenters. The van der Waals surface area contributed by atoms with Crippen LogP contribution in [-0.2, 0) is 11.3 Å². The first-order valence-corrected chi connectivity index (χ1v) is 7.68. The van der Waals surface area contributed by atoms with Crippen molar-refractivity contribution in [3.8, 4) is 5.88 Å². The molecule has 0 aromatic carbocycles. The number of hydrogen-bond acceptors (Lipinski definition) is 4. The highest BCUT2D eigenvalue weighted by atomic mass is 127. The van der Waals surface area contributed by atoms with E-state index in [1.807, 2.05) is 18.2 Å². The third kappa shape index (κ3) is 10.3. The summed E-state index contributed by atoms with van der Waals surface area (Å²) in [5.74, 6) is 1.95. The van der Waals surface area contributed by atoms with Crippen molar-refractivity contribution < 1.29 is 9.47 Å². The summed E-state index contributed by atoms with van der Waals surface area (Å²) < 4.78 is 10.6. The van der Waals surface area contributed by atoms with Crippen LogP contribution >= 0.6 is 24.0 Å². The monoisotopic (exact) mass is 436 g/mol. The van der Waals surface area contributed by atoms with Crippen molar-refractivity contribution >= 4 is 29.9 Å². The third-order valence-electron chi connectivity index (χ3n) is 2.86. The van der Waals surface area contributed by atoms with Crippen LogP contribution in [0.2, 0.25) is 0 Å². The van der Waals surface area contributed by atoms with Gasteiger partial charge in [0.1, 0.15) is 0 Å². The SMILES string of the molecule is CN=C(NCCCOCC(C)C)NCc1cccc(OC)n1.I. The Labute approximate surface area is 156 Å². The minimum Gasteiger partial charge on any atom is -0.481 e. The van der Waals surface area contributed by atoms with Gasteiger partial charge in [0, 0.05) is 32.9 Å². The molecule has 0 saturated heterocycles. The zero-order chi connectivity index (χ0) is 16.2. The fourth-order valence-electron chi connectivity index (χ4n) is 1.76. The second-order valence-corrected chi connectivity index (χ2v) is 5.35. The van der Waals surface area contributed by atoms with E-state index in [1.165, 1.54) is 0 Å². The minimum atomic E-state index is 0. The highest BCUT2D eigenvalue weighted by molar-refractivity contribution is 14.0. The molecule has 23 heavy (non-hydrogen) atoms. The van der Waals surface area contributed by atoms with Crippen LogP contribution in [0.15, 0.2) is 23.2 Å². The second-order valence-electron chi connectivity index (χ2n) is 5.35. The number of guanidine groups is 1. The maximum atomic E-state index is 5.54. The Hall–Kier alpha value is -1.09. The van der Waals surface area contributed by atoms with Crippen LogP contribution in [0.5, 0.6) is 5.88 Å². The van der Waals surface area contributed by atoms with Crippen molar-refractivity contribution in [3.63, 3.8) is 0 Å². The molecular formula is C16H29IN4O2. The van der Waals surface area contributed by atoms with Crippen LogP contribution < -0.4 is 15.4 Å². The lowest BCUT2D eigenvalue weighted by atomic mass is 10.2. The molecule has 0 fully saturated rings. The summed E-state index contributed by atoms with van der Waals surface area (Å²) in [7, 11) is 3.37. The van der Waals surface area contributed by atoms with Crippen molar-refractivity contribution in [2.45, 2.75) is 26.8 Å². The number of aliphatic imine (C=N–C) groups is 1. The first-order chi connectivity index (χ1) is 10.7. The van der Waals surface area contributed by atoms with Crippen molar-refractivity contribution in [2.75, 3.05) is 33.9 Å². The van der Waals surface area contributed by atoms with Gasteiger partial charge in [-0.25, -0.2) is 4.98 Å². The summed E-state index contributed by atoms with van der Waals surface area (Å²) in [6.45, 7) is 7.30. The Morgan fingerprint density at radius 2 is 2.09 bits per heavy atom. The van der Waals surface area contributed by atoms with Gasteiger partial charge in [0.25, 0.3) is 0 Å². The number of pyridine rings is 1. The number of hydrogen-bond donors (Lipinski definition) is 2. The van der Waals surface area contributed by atoms with Crippen LogP contribution in [0.25, 0.3) is 0 Å². The van der Waals surface area contributed by atoms with Crippen LogP contribution in [0.3, 0.4) is 0 Å². The van der Waals surface area contributed by atoms with Gasteiger partial charge in [-0.3, -0.25) is 4.99 Å². The largest absolute Gasteiger partial charge is 0.481 e. The molecule has 0 atom stereocenters. The molecule has 1 rings (SSSR count). The Balaban J connectivity index is 0.00000484. The van der Waals surface area contributed by atoms with E-state index >= 15 is 0 Å². The topological polar surface area (TPSA) is 67.8 Å². The lowest BCUT2D eigenvalue weighted by Gasteiger charge is -2.12. The van der Waals surface area contributed by atoms with Gasteiger partial charge in [-0.2, -0.15) is 0 Å². The van der Waals surface area contributed by atoms with E-state index in [9.17, 15) is 0 Å². The zero-order valence-corrected chi connectivity index (χ0v) is 16.8. The summed E-state index contributed by atoms with van der Waals surface area (Å²) in [4.78, 5) is 8.53. The molecule has 0 saturated carbocycles. The molecule has 0 bridgehead atoms. The molecule has 0 amide bonds. The van der Waals surface area contributed by atoms with E-state index in [1.54, 1.807) is 14.2 Å². The van der Waals surface area contributed by atoms with E-state index < -0.39 is 0 Å². The number of rotatable bonds is 9. The molecule has 132 valence electrons. The molecule has 2 N–H and O–H groups in total. The lowest BCUT2D eigenvalue weighted by Crippen LogP contribution is -2.37. The van der Waals surface area contributed by atoms with Crippen LogP contribution in [0.4, 0.5) is 0 Å². The molecule has 1 heterocycles. The fourth-order valence-corrected chi connectivity index (χ4v) is 1.76. The fraction of sp³-hybridized carbons (Fsp3) is 0.625. The number of methoxy groups -OCH3 is 1. The molecule has 0 radical (unpaired) electrons. The van der Waals surface area contributed by atoms with E-state index in [4.69, 9.17) is 9.47 Å². The Kier molecular flexibility index (Phi) is 12.7. The average molecular weight is 436 g/mol. The van der Waals surface area contributed by atoms with Gasteiger partial charge in [0.15, 0.2) is 5.96 Å². The van der Waals surface area contributed by atoms with Crippen molar-refractivity contribution in [3.05, 3.63) is 23.9 Å². The molecule has 7 heteroatoms. The second kappa shape index (κ2) is 13.4. The number of aromatic nitrogens is 1. The van der Waals surface area contributed by atoms with Gasteiger partial charge >= 0.3 is 0 Å². The van der Waals surface area contributed by atoms with Gasteiger partial charge in [-0.15, -0.1) is 24.0 Å². The normalized spacial score (nSPS) is 11.1. The van der Waals surface area contributed by atoms with Crippen molar-refractivity contribution in [1.29, 1.82) is 0 Å². The number of halogens is 1. The Morgan fingerprint density at radius 3 is 2.74 bits per heavy atom. The van der Waals surface area contributed by atoms with E-state index in [-0.39, 0.29) is 24.0 Å². The van der Waals surface area contributed by atoms with Gasteiger partial charge < -0.3 is 20.1 Å². The molecule has 6 nitrogen and oxygen atoms in total. The maximum Gasteiger partial charge on any atom is 0.213 e. The predicted octanol–water partition coefficient (Wildman–Crippen LogP) is 2.44. The van der Waals surface area contributed by atoms with Crippen molar-refractivity contribution in [1.82, 2.24) is 15.6 Å². The quantitative estimate of drug-likeness (QED) is 0.270. The summed E-state index contributed by atoms with van der Waals surface area (Å²) in [5.41, 5.74) is 0.905. The molecule has 0 aliphatic rings. The first-order valence-electron chi connectivity index (χ1n) is 7.68. The molecule has 0 aliphatic carbocycles. The van der Waals surface area contributed by atoms with Gasteiger partial charge in [0.2, 0.25) is 5.88 Å². The van der Waals surface area contributed by atoms with E-state index in [0.29, 0.717) is 18.3 Å². The van der Waals surface area contributed by atoms with Crippen molar-refractivity contribution in [2.24, 2.45) is 10.9 Å². The van der Waals surface area contributed by atoms with Crippen LogP contribution in [0.1, 0.15) is 26.0 Å². The Morgan fingerprint density at radius 1 is 1.30 bits per heavy atom.